The molecule has 1 amide bonds. The number of benzene rings is 1. The molecule has 2 aromatic heterocycles. The normalized spacial score (nSPS) is 10.7. The standard InChI is InChI=1S/C16H13N5O2S2/c1-24-9-3-2-6(4-8(9)22)10-7(5-17)14(19)21-16-11(10)12(18)13(25-16)15(20)23/h2-4,22H,18H2,1H3,(H2,19,21)(H2,20,23). The molecule has 0 fully saturated rings. The molecule has 0 radical (unpaired) electrons. The lowest BCUT2D eigenvalue weighted by molar-refractivity contribution is 0.100. The molecule has 0 aliphatic rings. The summed E-state index contributed by atoms with van der Waals surface area (Å²) in [6.07, 6.45) is 1.84. The van der Waals surface area contributed by atoms with Crippen molar-refractivity contribution < 1.29 is 9.90 Å². The summed E-state index contributed by atoms with van der Waals surface area (Å²) < 4.78 is 0. The molecule has 0 spiro atoms. The average Bonchev–Trinajstić information content (AvgIpc) is 2.90. The smallest absolute Gasteiger partial charge is 0.260 e. The number of carbonyl (C=O) groups is 1. The van der Waals surface area contributed by atoms with Crippen LogP contribution in [0.5, 0.6) is 5.75 Å². The Morgan fingerprint density at radius 3 is 2.68 bits per heavy atom. The SMILES string of the molecule is CSc1ccc(-c2c(C#N)c(N)nc3sc(C(N)=O)c(N)c23)cc1O. The number of thiophene rings is 1. The van der Waals surface area contributed by atoms with Crippen LogP contribution in [0.2, 0.25) is 0 Å². The van der Waals surface area contributed by atoms with E-state index in [9.17, 15) is 15.2 Å². The Kier molecular flexibility index (Phi) is 4.16. The number of pyridine rings is 1. The maximum absolute atomic E-state index is 11.6. The van der Waals surface area contributed by atoms with Crippen LogP contribution in [-0.2, 0) is 0 Å². The maximum atomic E-state index is 11.6. The number of phenols is 1. The van der Waals surface area contributed by atoms with Crippen molar-refractivity contribution in [2.75, 3.05) is 17.7 Å². The van der Waals surface area contributed by atoms with Crippen molar-refractivity contribution in [1.29, 1.82) is 5.26 Å². The molecule has 126 valence electrons. The number of anilines is 2. The quantitative estimate of drug-likeness (QED) is 0.516. The number of fused-ring (bicyclic) bond motifs is 1. The van der Waals surface area contributed by atoms with E-state index < -0.39 is 5.91 Å². The van der Waals surface area contributed by atoms with Crippen molar-refractivity contribution in [3.05, 3.63) is 28.6 Å². The highest BCUT2D eigenvalue weighted by atomic mass is 32.2. The molecule has 1 aromatic carbocycles. The van der Waals surface area contributed by atoms with Crippen molar-refractivity contribution in [2.45, 2.75) is 4.90 Å². The van der Waals surface area contributed by atoms with Gasteiger partial charge in [0.2, 0.25) is 0 Å². The number of hydrogen-bond donors (Lipinski definition) is 4. The molecule has 9 heteroatoms. The fraction of sp³-hybridized carbons (Fsp3) is 0.0625. The highest BCUT2D eigenvalue weighted by molar-refractivity contribution is 7.98. The Morgan fingerprint density at radius 1 is 1.40 bits per heavy atom. The number of nitrogen functional groups attached to an aromatic ring is 2. The first-order valence-corrected chi connectivity index (χ1v) is 9.01. The first kappa shape index (κ1) is 16.9. The highest BCUT2D eigenvalue weighted by Crippen LogP contribution is 2.43. The lowest BCUT2D eigenvalue weighted by Gasteiger charge is -2.11. The van der Waals surface area contributed by atoms with Crippen LogP contribution >= 0.6 is 23.1 Å². The predicted octanol–water partition coefficient (Wildman–Crippen LogP) is 2.53. The lowest BCUT2D eigenvalue weighted by atomic mass is 9.97. The van der Waals surface area contributed by atoms with Gasteiger partial charge >= 0.3 is 0 Å². The Balaban J connectivity index is 2.45. The van der Waals surface area contributed by atoms with Gasteiger partial charge in [0, 0.05) is 15.8 Å². The van der Waals surface area contributed by atoms with Gasteiger partial charge < -0.3 is 22.3 Å². The summed E-state index contributed by atoms with van der Waals surface area (Å²) in [5.41, 5.74) is 18.6. The number of nitrogens with two attached hydrogens (primary N) is 3. The van der Waals surface area contributed by atoms with Crippen molar-refractivity contribution in [2.24, 2.45) is 5.73 Å². The molecule has 3 aromatic rings. The Morgan fingerprint density at radius 2 is 2.12 bits per heavy atom. The van der Waals surface area contributed by atoms with E-state index in [1.807, 2.05) is 12.3 Å². The van der Waals surface area contributed by atoms with Gasteiger partial charge in [0.1, 0.15) is 32.9 Å². The first-order valence-electron chi connectivity index (χ1n) is 6.97. The third-order valence-corrected chi connectivity index (χ3v) is 5.61. The summed E-state index contributed by atoms with van der Waals surface area (Å²) in [6, 6.07) is 7.04. The van der Waals surface area contributed by atoms with Gasteiger partial charge in [-0.15, -0.1) is 23.1 Å². The molecule has 0 aliphatic heterocycles. The van der Waals surface area contributed by atoms with Gasteiger partial charge in [0.25, 0.3) is 5.91 Å². The number of nitriles is 1. The molecular formula is C16H13N5O2S2. The van der Waals surface area contributed by atoms with Crippen LogP contribution < -0.4 is 17.2 Å². The van der Waals surface area contributed by atoms with Crippen molar-refractivity contribution in [3.8, 4) is 22.9 Å². The molecule has 7 nitrogen and oxygen atoms in total. The Labute approximate surface area is 151 Å². The zero-order chi connectivity index (χ0) is 18.3. The summed E-state index contributed by atoms with van der Waals surface area (Å²) in [4.78, 5) is 17.0. The summed E-state index contributed by atoms with van der Waals surface area (Å²) in [5, 5.41) is 20.1. The fourth-order valence-corrected chi connectivity index (χ4v) is 4.04. The maximum Gasteiger partial charge on any atom is 0.260 e. The first-order chi connectivity index (χ1) is 11.9. The zero-order valence-corrected chi connectivity index (χ0v) is 14.7. The van der Waals surface area contributed by atoms with E-state index in [0.717, 1.165) is 11.3 Å². The fourth-order valence-electron chi connectivity index (χ4n) is 2.60. The molecule has 0 aliphatic carbocycles. The Hall–Kier alpha value is -2.96. The molecule has 25 heavy (non-hydrogen) atoms. The molecule has 0 bridgehead atoms. The second-order valence-electron chi connectivity index (χ2n) is 5.13. The topological polar surface area (TPSA) is 152 Å². The zero-order valence-electron chi connectivity index (χ0n) is 13.0. The van der Waals surface area contributed by atoms with E-state index in [2.05, 4.69) is 4.98 Å². The van der Waals surface area contributed by atoms with Gasteiger partial charge in [0.15, 0.2) is 0 Å². The summed E-state index contributed by atoms with van der Waals surface area (Å²) in [7, 11) is 0. The van der Waals surface area contributed by atoms with E-state index >= 15 is 0 Å². The minimum Gasteiger partial charge on any atom is -0.507 e. The molecule has 0 unspecified atom stereocenters. The van der Waals surface area contributed by atoms with Crippen molar-refractivity contribution >= 4 is 50.7 Å². The molecular weight excluding hydrogens is 358 g/mol. The molecule has 0 saturated heterocycles. The minimum absolute atomic E-state index is 0.0238. The average molecular weight is 371 g/mol. The number of thioether (sulfide) groups is 1. The summed E-state index contributed by atoms with van der Waals surface area (Å²) in [5.74, 6) is -0.582. The number of primary amides is 1. The third-order valence-electron chi connectivity index (χ3n) is 3.71. The van der Waals surface area contributed by atoms with Crippen LogP contribution in [0.4, 0.5) is 11.5 Å². The second kappa shape index (κ2) is 6.16. The lowest BCUT2D eigenvalue weighted by Crippen LogP contribution is -2.10. The molecule has 0 atom stereocenters. The second-order valence-corrected chi connectivity index (χ2v) is 6.98. The van der Waals surface area contributed by atoms with Crippen molar-refractivity contribution in [3.63, 3.8) is 0 Å². The molecule has 0 saturated carbocycles. The number of carbonyl (C=O) groups excluding carboxylic acids is 1. The van der Waals surface area contributed by atoms with Gasteiger partial charge in [0.05, 0.1) is 5.69 Å². The van der Waals surface area contributed by atoms with Crippen LogP contribution in [0.1, 0.15) is 15.2 Å². The van der Waals surface area contributed by atoms with Crippen LogP contribution in [0.3, 0.4) is 0 Å². The largest absolute Gasteiger partial charge is 0.507 e. The van der Waals surface area contributed by atoms with Gasteiger partial charge in [-0.25, -0.2) is 4.98 Å². The third kappa shape index (κ3) is 2.61. The number of phenolic OH excluding ortho intramolecular Hbond substituents is 1. The number of aromatic nitrogens is 1. The predicted molar refractivity (Wildman–Crippen MR) is 101 cm³/mol. The highest BCUT2D eigenvalue weighted by Gasteiger charge is 2.23. The van der Waals surface area contributed by atoms with Crippen LogP contribution in [0.25, 0.3) is 21.3 Å². The van der Waals surface area contributed by atoms with Gasteiger partial charge in [-0.3, -0.25) is 4.79 Å². The Bertz CT molecular complexity index is 1070. The van der Waals surface area contributed by atoms with Crippen LogP contribution in [0.15, 0.2) is 23.1 Å². The van der Waals surface area contributed by atoms with Gasteiger partial charge in [-0.1, -0.05) is 6.07 Å². The summed E-state index contributed by atoms with van der Waals surface area (Å²) >= 11 is 2.41. The van der Waals surface area contributed by atoms with Gasteiger partial charge in [-0.2, -0.15) is 5.26 Å². The monoisotopic (exact) mass is 371 g/mol. The van der Waals surface area contributed by atoms with Crippen LogP contribution in [0, 0.1) is 11.3 Å². The van der Waals surface area contributed by atoms with Crippen molar-refractivity contribution in [1.82, 2.24) is 4.98 Å². The van der Waals surface area contributed by atoms with E-state index in [4.69, 9.17) is 17.2 Å². The molecule has 3 rings (SSSR count). The summed E-state index contributed by atoms with van der Waals surface area (Å²) in [6.45, 7) is 0. The van der Waals surface area contributed by atoms with Gasteiger partial charge in [-0.05, 0) is 24.0 Å². The minimum atomic E-state index is -0.677. The molecule has 2 heterocycles. The van der Waals surface area contributed by atoms with Crippen LogP contribution in [-0.4, -0.2) is 22.3 Å². The number of nitrogens with zero attached hydrogens (tertiary/aromatic N) is 2. The van der Waals surface area contributed by atoms with E-state index in [1.54, 1.807) is 12.1 Å². The van der Waals surface area contributed by atoms with E-state index in [1.165, 1.54) is 17.8 Å². The number of rotatable bonds is 3. The number of aromatic hydroxyl groups is 1. The van der Waals surface area contributed by atoms with E-state index in [-0.39, 0.29) is 27.7 Å². The van der Waals surface area contributed by atoms with E-state index in [0.29, 0.717) is 26.2 Å². The number of hydrogen-bond acceptors (Lipinski definition) is 8. The molecule has 7 N–H and O–H groups in total. The number of amides is 1.